The summed E-state index contributed by atoms with van der Waals surface area (Å²) in [6, 6.07) is 0. The van der Waals surface area contributed by atoms with Gasteiger partial charge >= 0.3 is 5.97 Å². The smallest absolute Gasteiger partial charge is 0.338 e. The summed E-state index contributed by atoms with van der Waals surface area (Å²) in [6.07, 6.45) is 2.07. The van der Waals surface area contributed by atoms with Crippen molar-refractivity contribution in [3.63, 3.8) is 0 Å². The van der Waals surface area contributed by atoms with Gasteiger partial charge in [0.15, 0.2) is 5.60 Å². The molecular formula is C8H11IO3. The third-order valence-corrected chi connectivity index (χ3v) is 2.86. The number of alkyl halides is 1. The second kappa shape index (κ2) is 3.74. The lowest BCUT2D eigenvalue weighted by molar-refractivity contribution is -0.154. The summed E-state index contributed by atoms with van der Waals surface area (Å²) in [5, 5.41) is 9.71. The van der Waals surface area contributed by atoms with Gasteiger partial charge in [-0.3, -0.25) is 0 Å². The normalized spacial score (nSPS) is 34.8. The molecule has 1 N–H and O–H groups in total. The first-order valence-corrected chi connectivity index (χ1v) is 5.25. The Morgan fingerprint density at radius 2 is 2.58 bits per heavy atom. The Labute approximate surface area is 84.9 Å². The minimum atomic E-state index is -1.31. The summed E-state index contributed by atoms with van der Waals surface area (Å²) < 4.78 is 5.66. The molecule has 0 aromatic heterocycles. The van der Waals surface area contributed by atoms with Gasteiger partial charge in [0.1, 0.15) is 6.10 Å². The molecular weight excluding hydrogens is 271 g/mol. The number of esters is 1. The zero-order chi connectivity index (χ0) is 9.19. The van der Waals surface area contributed by atoms with Crippen LogP contribution in [0.1, 0.15) is 12.8 Å². The topological polar surface area (TPSA) is 46.5 Å². The van der Waals surface area contributed by atoms with Crippen molar-refractivity contribution in [1.82, 2.24) is 0 Å². The maximum atomic E-state index is 11.1. The fraction of sp³-hybridized carbons (Fsp3) is 0.625. The third kappa shape index (κ3) is 1.80. The van der Waals surface area contributed by atoms with Gasteiger partial charge in [0.2, 0.25) is 0 Å². The number of halogens is 1. The lowest BCUT2D eigenvalue weighted by atomic mass is 9.96. The van der Waals surface area contributed by atoms with Gasteiger partial charge in [-0.25, -0.2) is 4.79 Å². The first-order chi connectivity index (χ1) is 5.62. The van der Waals surface area contributed by atoms with Crippen molar-refractivity contribution in [3.05, 3.63) is 12.7 Å². The molecule has 4 heteroatoms. The highest BCUT2D eigenvalue weighted by molar-refractivity contribution is 14.1. The number of hydrogen-bond donors (Lipinski definition) is 1. The van der Waals surface area contributed by atoms with Gasteiger partial charge in [0.25, 0.3) is 0 Å². The molecule has 1 heterocycles. The van der Waals surface area contributed by atoms with E-state index in [1.807, 2.05) is 0 Å². The predicted octanol–water partition coefficient (Wildman–Crippen LogP) is 1.04. The van der Waals surface area contributed by atoms with Gasteiger partial charge in [-0.05, 0) is 0 Å². The van der Waals surface area contributed by atoms with E-state index in [1.54, 1.807) is 0 Å². The van der Waals surface area contributed by atoms with Gasteiger partial charge in [0, 0.05) is 17.3 Å². The van der Waals surface area contributed by atoms with E-state index in [9.17, 15) is 9.90 Å². The van der Waals surface area contributed by atoms with Crippen LogP contribution >= 0.6 is 22.6 Å². The standard InChI is InChI=1S/C8H11IO3/c1-2-3-8(11)4-6(5-9)12-7(8)10/h2,6,11H,1,3-5H2/t6-,8+/m1/s1. The molecule has 1 aliphatic rings. The number of rotatable bonds is 3. The van der Waals surface area contributed by atoms with Crippen LogP contribution < -0.4 is 0 Å². The van der Waals surface area contributed by atoms with Crippen LogP contribution in [-0.4, -0.2) is 27.2 Å². The van der Waals surface area contributed by atoms with Crippen LogP contribution in [0.15, 0.2) is 12.7 Å². The summed E-state index contributed by atoms with van der Waals surface area (Å²) >= 11 is 2.13. The molecule has 0 amide bonds. The highest BCUT2D eigenvalue weighted by atomic mass is 127. The molecule has 3 nitrogen and oxygen atoms in total. The zero-order valence-electron chi connectivity index (χ0n) is 6.62. The van der Waals surface area contributed by atoms with Gasteiger partial charge in [-0.2, -0.15) is 0 Å². The molecule has 0 radical (unpaired) electrons. The van der Waals surface area contributed by atoms with Crippen LogP contribution in [0.5, 0.6) is 0 Å². The summed E-state index contributed by atoms with van der Waals surface area (Å²) in [5.41, 5.74) is -1.31. The number of carbonyl (C=O) groups excluding carboxylic acids is 1. The van der Waals surface area contributed by atoms with Crippen LogP contribution in [0.3, 0.4) is 0 Å². The fourth-order valence-corrected chi connectivity index (χ4v) is 1.75. The summed E-state index contributed by atoms with van der Waals surface area (Å²) in [5.74, 6) is -0.510. The Morgan fingerprint density at radius 1 is 1.92 bits per heavy atom. The molecule has 0 bridgehead atoms. The molecule has 12 heavy (non-hydrogen) atoms. The lowest BCUT2D eigenvalue weighted by Crippen LogP contribution is -2.33. The molecule has 1 fully saturated rings. The number of ether oxygens (including phenoxy) is 1. The molecule has 1 saturated heterocycles. The highest BCUT2D eigenvalue weighted by Crippen LogP contribution is 2.29. The maximum absolute atomic E-state index is 11.1. The van der Waals surface area contributed by atoms with E-state index in [0.717, 1.165) is 4.43 Å². The number of cyclic esters (lactones) is 1. The average Bonchev–Trinajstić information content (AvgIpc) is 2.29. The Bertz CT molecular complexity index is 204. The quantitative estimate of drug-likeness (QED) is 0.364. The number of hydrogen-bond acceptors (Lipinski definition) is 3. The van der Waals surface area contributed by atoms with Crippen molar-refractivity contribution >= 4 is 28.6 Å². The monoisotopic (exact) mass is 282 g/mol. The van der Waals surface area contributed by atoms with E-state index in [-0.39, 0.29) is 12.5 Å². The Balaban J connectivity index is 2.66. The van der Waals surface area contributed by atoms with E-state index < -0.39 is 11.6 Å². The van der Waals surface area contributed by atoms with Gasteiger partial charge in [-0.1, -0.05) is 28.7 Å². The van der Waals surface area contributed by atoms with Crippen LogP contribution in [-0.2, 0) is 9.53 Å². The van der Waals surface area contributed by atoms with Crippen molar-refractivity contribution < 1.29 is 14.6 Å². The van der Waals surface area contributed by atoms with Crippen molar-refractivity contribution in [2.45, 2.75) is 24.5 Å². The molecule has 1 rings (SSSR count). The largest absolute Gasteiger partial charge is 0.459 e. The van der Waals surface area contributed by atoms with Crippen LogP contribution in [0.2, 0.25) is 0 Å². The van der Waals surface area contributed by atoms with E-state index in [0.29, 0.717) is 6.42 Å². The highest BCUT2D eigenvalue weighted by Gasteiger charge is 2.46. The van der Waals surface area contributed by atoms with Crippen molar-refractivity contribution in [3.8, 4) is 0 Å². The Kier molecular flexibility index (Phi) is 3.11. The molecule has 0 spiro atoms. The zero-order valence-corrected chi connectivity index (χ0v) is 8.78. The fourth-order valence-electron chi connectivity index (χ4n) is 1.25. The molecule has 0 saturated carbocycles. The first kappa shape index (κ1) is 9.98. The number of aliphatic hydroxyl groups is 1. The molecule has 0 aliphatic carbocycles. The summed E-state index contributed by atoms with van der Waals surface area (Å²) in [7, 11) is 0. The lowest BCUT2D eigenvalue weighted by Gasteiger charge is -2.13. The van der Waals surface area contributed by atoms with Crippen LogP contribution in [0, 0.1) is 0 Å². The van der Waals surface area contributed by atoms with Gasteiger partial charge in [0.05, 0.1) is 0 Å². The first-order valence-electron chi connectivity index (χ1n) is 3.72. The van der Waals surface area contributed by atoms with Gasteiger partial charge < -0.3 is 9.84 Å². The molecule has 0 aromatic rings. The second-order valence-corrected chi connectivity index (χ2v) is 3.79. The van der Waals surface area contributed by atoms with Gasteiger partial charge in [-0.15, -0.1) is 6.58 Å². The predicted molar refractivity (Wildman–Crippen MR) is 53.1 cm³/mol. The minimum Gasteiger partial charge on any atom is -0.459 e. The molecule has 68 valence electrons. The molecule has 0 aromatic carbocycles. The molecule has 0 unspecified atom stereocenters. The summed E-state index contributed by atoms with van der Waals surface area (Å²) in [6.45, 7) is 3.49. The maximum Gasteiger partial charge on any atom is 0.338 e. The molecule has 1 aliphatic heterocycles. The van der Waals surface area contributed by atoms with Crippen molar-refractivity contribution in [1.29, 1.82) is 0 Å². The van der Waals surface area contributed by atoms with Crippen LogP contribution in [0.4, 0.5) is 0 Å². The van der Waals surface area contributed by atoms with Crippen molar-refractivity contribution in [2.24, 2.45) is 0 Å². The Morgan fingerprint density at radius 3 is 3.00 bits per heavy atom. The van der Waals surface area contributed by atoms with E-state index in [4.69, 9.17) is 4.74 Å². The second-order valence-electron chi connectivity index (χ2n) is 2.91. The Hall–Kier alpha value is -0.100. The average molecular weight is 282 g/mol. The summed E-state index contributed by atoms with van der Waals surface area (Å²) in [4.78, 5) is 11.1. The number of carbonyl (C=O) groups is 1. The SMILES string of the molecule is C=CC[C@]1(O)C[C@H](CI)OC1=O. The molecule has 2 atom stereocenters. The van der Waals surface area contributed by atoms with Crippen LogP contribution in [0.25, 0.3) is 0 Å². The van der Waals surface area contributed by atoms with E-state index >= 15 is 0 Å². The van der Waals surface area contributed by atoms with E-state index in [1.165, 1.54) is 6.08 Å². The third-order valence-electron chi connectivity index (χ3n) is 1.87. The minimum absolute atomic E-state index is 0.136. The van der Waals surface area contributed by atoms with E-state index in [2.05, 4.69) is 29.2 Å². The van der Waals surface area contributed by atoms with Crippen molar-refractivity contribution in [2.75, 3.05) is 4.43 Å².